The zero-order chi connectivity index (χ0) is 22.4. The van der Waals surface area contributed by atoms with Gasteiger partial charge >= 0.3 is 5.97 Å². The Balaban J connectivity index is 1.37. The number of piperidine rings is 1. The Morgan fingerprint density at radius 3 is 2.22 bits per heavy atom. The van der Waals surface area contributed by atoms with Crippen LogP contribution in [0.3, 0.4) is 0 Å². The minimum atomic E-state index is -3.52. The minimum Gasteiger partial charge on any atom is -0.457 e. The summed E-state index contributed by atoms with van der Waals surface area (Å²) in [6, 6.07) is 22.7. The molecular formula is C25H25NO5S. The lowest BCUT2D eigenvalue weighted by Gasteiger charge is -2.25. The van der Waals surface area contributed by atoms with Crippen LogP contribution in [0, 0.1) is 0 Å². The predicted octanol–water partition coefficient (Wildman–Crippen LogP) is 5.01. The van der Waals surface area contributed by atoms with E-state index in [1.165, 1.54) is 28.6 Å². The second kappa shape index (κ2) is 9.97. The van der Waals surface area contributed by atoms with Crippen LogP contribution < -0.4 is 4.74 Å². The molecule has 0 N–H and O–H groups in total. The van der Waals surface area contributed by atoms with Gasteiger partial charge in [-0.3, -0.25) is 0 Å². The number of rotatable bonds is 7. The number of hydrogen-bond donors (Lipinski definition) is 0. The Morgan fingerprint density at radius 2 is 1.50 bits per heavy atom. The van der Waals surface area contributed by atoms with Gasteiger partial charge in [0.25, 0.3) is 0 Å². The molecule has 1 aliphatic rings. The molecule has 6 nitrogen and oxygen atoms in total. The molecule has 1 fully saturated rings. The monoisotopic (exact) mass is 451 g/mol. The fraction of sp³-hybridized carbons (Fsp3) is 0.240. The van der Waals surface area contributed by atoms with Crippen LogP contribution in [0.1, 0.15) is 35.2 Å². The number of para-hydroxylation sites is 1. The summed E-state index contributed by atoms with van der Waals surface area (Å²) < 4.78 is 38.2. The predicted molar refractivity (Wildman–Crippen MR) is 121 cm³/mol. The van der Waals surface area contributed by atoms with Gasteiger partial charge in [0.1, 0.15) is 18.1 Å². The van der Waals surface area contributed by atoms with Crippen LogP contribution in [-0.2, 0) is 21.4 Å². The van der Waals surface area contributed by atoms with Crippen molar-refractivity contribution in [2.24, 2.45) is 0 Å². The molecular weight excluding hydrogens is 426 g/mol. The molecule has 0 bridgehead atoms. The van der Waals surface area contributed by atoms with Gasteiger partial charge in [0.2, 0.25) is 10.0 Å². The quantitative estimate of drug-likeness (QED) is 0.472. The van der Waals surface area contributed by atoms with Gasteiger partial charge in [-0.1, -0.05) is 36.8 Å². The zero-order valence-corrected chi connectivity index (χ0v) is 18.5. The van der Waals surface area contributed by atoms with Crippen molar-refractivity contribution in [2.75, 3.05) is 13.1 Å². The minimum absolute atomic E-state index is 0.0820. The van der Waals surface area contributed by atoms with Crippen molar-refractivity contribution in [3.8, 4) is 11.5 Å². The highest BCUT2D eigenvalue weighted by molar-refractivity contribution is 7.89. The normalized spacial score (nSPS) is 14.6. The highest BCUT2D eigenvalue weighted by Gasteiger charge is 2.26. The average Bonchev–Trinajstić information content (AvgIpc) is 2.84. The molecule has 3 aromatic rings. The van der Waals surface area contributed by atoms with E-state index in [0.717, 1.165) is 30.6 Å². The lowest BCUT2D eigenvalue weighted by Crippen LogP contribution is -2.35. The van der Waals surface area contributed by atoms with E-state index < -0.39 is 16.0 Å². The van der Waals surface area contributed by atoms with Crippen molar-refractivity contribution in [3.05, 3.63) is 90.0 Å². The number of carbonyl (C=O) groups is 1. The molecule has 0 atom stereocenters. The van der Waals surface area contributed by atoms with Crippen LogP contribution in [0.25, 0.3) is 0 Å². The first-order valence-electron chi connectivity index (χ1n) is 10.6. The molecule has 3 aromatic carbocycles. The second-order valence-corrected chi connectivity index (χ2v) is 9.57. The highest BCUT2D eigenvalue weighted by atomic mass is 32.2. The topological polar surface area (TPSA) is 72.9 Å². The SMILES string of the molecule is O=C(OCc1cccc(Oc2ccccc2)c1)c1ccc(S(=O)(=O)N2CCCCC2)cc1. The number of nitrogens with zero attached hydrogens (tertiary/aromatic N) is 1. The van der Waals surface area contributed by atoms with Crippen molar-refractivity contribution in [2.45, 2.75) is 30.8 Å². The number of hydrogen-bond acceptors (Lipinski definition) is 5. The molecule has 1 heterocycles. The van der Waals surface area contributed by atoms with Gasteiger partial charge in [-0.15, -0.1) is 0 Å². The van der Waals surface area contributed by atoms with Gasteiger partial charge in [0.05, 0.1) is 10.5 Å². The standard InChI is InChI=1S/C25H25NO5S/c27-25(21-12-14-24(15-13-21)32(28,29)26-16-5-2-6-17-26)30-19-20-8-7-11-23(18-20)31-22-9-3-1-4-10-22/h1,3-4,7-15,18H,2,5-6,16-17,19H2. The Morgan fingerprint density at radius 1 is 0.812 bits per heavy atom. The average molecular weight is 452 g/mol. The molecule has 1 aliphatic heterocycles. The molecule has 7 heteroatoms. The second-order valence-electron chi connectivity index (χ2n) is 7.63. The smallest absolute Gasteiger partial charge is 0.338 e. The molecule has 32 heavy (non-hydrogen) atoms. The molecule has 0 spiro atoms. The van der Waals surface area contributed by atoms with E-state index >= 15 is 0 Å². The number of esters is 1. The van der Waals surface area contributed by atoms with Crippen LogP contribution in [0.15, 0.2) is 83.8 Å². The van der Waals surface area contributed by atoms with Crippen molar-refractivity contribution < 1.29 is 22.7 Å². The van der Waals surface area contributed by atoms with E-state index in [4.69, 9.17) is 9.47 Å². The van der Waals surface area contributed by atoms with Gasteiger partial charge in [0, 0.05) is 13.1 Å². The van der Waals surface area contributed by atoms with E-state index in [9.17, 15) is 13.2 Å². The first-order chi connectivity index (χ1) is 15.5. The van der Waals surface area contributed by atoms with Crippen molar-refractivity contribution >= 4 is 16.0 Å². The maximum Gasteiger partial charge on any atom is 0.338 e. The number of carbonyl (C=O) groups excluding carboxylic acids is 1. The zero-order valence-electron chi connectivity index (χ0n) is 17.6. The summed E-state index contributed by atoms with van der Waals surface area (Å²) in [5.74, 6) is 0.861. The number of ether oxygens (including phenoxy) is 2. The Labute approximate surface area is 188 Å². The summed E-state index contributed by atoms with van der Waals surface area (Å²) in [5.41, 5.74) is 1.09. The lowest BCUT2D eigenvalue weighted by molar-refractivity contribution is 0.0472. The number of sulfonamides is 1. The fourth-order valence-electron chi connectivity index (χ4n) is 3.57. The molecule has 0 saturated carbocycles. The molecule has 0 amide bonds. The summed E-state index contributed by atoms with van der Waals surface area (Å²) >= 11 is 0. The Kier molecular flexibility index (Phi) is 6.87. The Hall–Kier alpha value is -3.16. The van der Waals surface area contributed by atoms with Crippen LogP contribution in [0.4, 0.5) is 0 Å². The summed E-state index contributed by atoms with van der Waals surface area (Å²) in [7, 11) is -3.52. The van der Waals surface area contributed by atoms with E-state index in [1.807, 2.05) is 54.6 Å². The molecule has 166 valence electrons. The summed E-state index contributed by atoms with van der Waals surface area (Å²) in [6.07, 6.45) is 2.81. The third-order valence-electron chi connectivity index (χ3n) is 5.29. The van der Waals surface area contributed by atoms with Gasteiger partial charge in [-0.05, 0) is 66.9 Å². The first kappa shape index (κ1) is 22.0. The summed E-state index contributed by atoms with van der Waals surface area (Å²) in [5, 5.41) is 0. The highest BCUT2D eigenvalue weighted by Crippen LogP contribution is 2.23. The Bertz CT molecular complexity index is 1150. The van der Waals surface area contributed by atoms with Gasteiger partial charge in [-0.25, -0.2) is 13.2 Å². The molecule has 0 aromatic heterocycles. The van der Waals surface area contributed by atoms with Gasteiger partial charge in [-0.2, -0.15) is 4.31 Å². The molecule has 0 radical (unpaired) electrons. The van der Waals surface area contributed by atoms with Crippen molar-refractivity contribution in [1.29, 1.82) is 0 Å². The third kappa shape index (κ3) is 5.36. The van der Waals surface area contributed by atoms with E-state index in [-0.39, 0.29) is 11.5 Å². The van der Waals surface area contributed by atoms with E-state index in [0.29, 0.717) is 24.4 Å². The molecule has 0 aliphatic carbocycles. The maximum absolute atomic E-state index is 12.7. The van der Waals surface area contributed by atoms with E-state index in [2.05, 4.69) is 0 Å². The molecule has 4 rings (SSSR count). The van der Waals surface area contributed by atoms with Crippen molar-refractivity contribution in [1.82, 2.24) is 4.31 Å². The van der Waals surface area contributed by atoms with Gasteiger partial charge < -0.3 is 9.47 Å². The maximum atomic E-state index is 12.7. The third-order valence-corrected chi connectivity index (χ3v) is 7.20. The van der Waals surface area contributed by atoms with Crippen molar-refractivity contribution in [3.63, 3.8) is 0 Å². The molecule has 0 unspecified atom stereocenters. The fourth-order valence-corrected chi connectivity index (χ4v) is 5.09. The number of benzene rings is 3. The summed E-state index contributed by atoms with van der Waals surface area (Å²) in [6.45, 7) is 1.16. The van der Waals surface area contributed by atoms with Crippen LogP contribution >= 0.6 is 0 Å². The van der Waals surface area contributed by atoms with E-state index in [1.54, 1.807) is 0 Å². The largest absolute Gasteiger partial charge is 0.457 e. The lowest BCUT2D eigenvalue weighted by atomic mass is 10.2. The van der Waals surface area contributed by atoms with Crippen LogP contribution in [0.5, 0.6) is 11.5 Å². The first-order valence-corrected chi connectivity index (χ1v) is 12.1. The van der Waals surface area contributed by atoms with Crippen LogP contribution in [0.2, 0.25) is 0 Å². The van der Waals surface area contributed by atoms with Crippen LogP contribution in [-0.4, -0.2) is 31.8 Å². The summed E-state index contributed by atoms with van der Waals surface area (Å²) in [4.78, 5) is 12.6. The van der Waals surface area contributed by atoms with Gasteiger partial charge in [0.15, 0.2) is 0 Å². The molecule has 1 saturated heterocycles.